The second-order valence-corrected chi connectivity index (χ2v) is 7.55. The summed E-state index contributed by atoms with van der Waals surface area (Å²) in [6.07, 6.45) is 0. The molecule has 1 atom stereocenters. The van der Waals surface area contributed by atoms with Gasteiger partial charge in [0.2, 0.25) is 0 Å². The summed E-state index contributed by atoms with van der Waals surface area (Å²) in [6.45, 7) is 7.61. The van der Waals surface area contributed by atoms with E-state index in [1.54, 1.807) is 43.4 Å². The fourth-order valence-corrected chi connectivity index (χ4v) is 2.47. The monoisotopic (exact) mass is 371 g/mol. The lowest BCUT2D eigenvalue weighted by molar-refractivity contribution is 0.0919. The van der Waals surface area contributed by atoms with E-state index in [-0.39, 0.29) is 29.3 Å². The van der Waals surface area contributed by atoms with Gasteiger partial charge in [0.05, 0.1) is 6.04 Å². The third kappa shape index (κ3) is 5.81. The van der Waals surface area contributed by atoms with E-state index in [4.69, 9.17) is 0 Å². The van der Waals surface area contributed by atoms with Crippen molar-refractivity contribution < 1.29 is 14.0 Å². The molecule has 0 bridgehead atoms. The summed E-state index contributed by atoms with van der Waals surface area (Å²) < 4.78 is 13.1. The minimum absolute atomic E-state index is 0.164. The predicted octanol–water partition coefficient (Wildman–Crippen LogP) is 4.58. The number of rotatable bonds is 4. The second kappa shape index (κ2) is 8.20. The van der Waals surface area contributed by atoms with Crippen molar-refractivity contribution >= 4 is 17.6 Å². The average molecular weight is 371 g/mol. The maximum absolute atomic E-state index is 13.1. The molecule has 5 nitrogen and oxygen atoms in total. The molecule has 3 amide bonds. The van der Waals surface area contributed by atoms with E-state index in [1.165, 1.54) is 17.0 Å². The number of anilines is 1. The Hall–Kier alpha value is -2.89. The van der Waals surface area contributed by atoms with Gasteiger partial charge in [-0.25, -0.2) is 9.18 Å². The predicted molar refractivity (Wildman–Crippen MR) is 105 cm³/mol. The number of nitrogens with one attached hydrogen (secondary N) is 2. The molecule has 27 heavy (non-hydrogen) atoms. The molecule has 2 aromatic carbocycles. The van der Waals surface area contributed by atoms with Crippen molar-refractivity contribution in [1.82, 2.24) is 10.2 Å². The van der Waals surface area contributed by atoms with Crippen molar-refractivity contribution in [3.05, 3.63) is 65.5 Å². The molecule has 0 saturated carbocycles. The van der Waals surface area contributed by atoms with Crippen LogP contribution in [0.25, 0.3) is 0 Å². The molecule has 1 unspecified atom stereocenters. The number of carbonyl (C=O) groups excluding carboxylic acids is 2. The van der Waals surface area contributed by atoms with Gasteiger partial charge in [0.1, 0.15) is 5.82 Å². The van der Waals surface area contributed by atoms with Crippen LogP contribution in [0, 0.1) is 5.82 Å². The molecule has 0 aromatic heterocycles. The highest BCUT2D eigenvalue weighted by atomic mass is 19.1. The summed E-state index contributed by atoms with van der Waals surface area (Å²) in [6, 6.07) is 12.3. The quantitative estimate of drug-likeness (QED) is 0.826. The summed E-state index contributed by atoms with van der Waals surface area (Å²) in [7, 11) is 1.68. The van der Waals surface area contributed by atoms with Gasteiger partial charge >= 0.3 is 6.03 Å². The first-order valence-electron chi connectivity index (χ1n) is 8.79. The first kappa shape index (κ1) is 20.4. The molecule has 0 aliphatic carbocycles. The van der Waals surface area contributed by atoms with Crippen molar-refractivity contribution in [2.24, 2.45) is 0 Å². The van der Waals surface area contributed by atoms with E-state index in [2.05, 4.69) is 10.6 Å². The molecule has 0 aliphatic heterocycles. The highest BCUT2D eigenvalue weighted by molar-refractivity contribution is 5.96. The molecule has 0 fully saturated rings. The van der Waals surface area contributed by atoms with E-state index >= 15 is 0 Å². The summed E-state index contributed by atoms with van der Waals surface area (Å²) in [5, 5.41) is 5.69. The minimum atomic E-state index is -0.316. The van der Waals surface area contributed by atoms with Gasteiger partial charge in [-0.2, -0.15) is 0 Å². The number of hydrogen-bond donors (Lipinski definition) is 2. The molecule has 2 N–H and O–H groups in total. The van der Waals surface area contributed by atoms with Crippen LogP contribution in [0.3, 0.4) is 0 Å². The summed E-state index contributed by atoms with van der Waals surface area (Å²) in [4.78, 5) is 26.1. The molecule has 2 aromatic rings. The van der Waals surface area contributed by atoms with Gasteiger partial charge in [0, 0.05) is 23.8 Å². The molecule has 144 valence electrons. The van der Waals surface area contributed by atoms with Gasteiger partial charge in [-0.3, -0.25) is 4.79 Å². The summed E-state index contributed by atoms with van der Waals surface area (Å²) >= 11 is 0. The lowest BCUT2D eigenvalue weighted by Gasteiger charge is -2.25. The van der Waals surface area contributed by atoms with Crippen LogP contribution < -0.4 is 10.6 Å². The second-order valence-electron chi connectivity index (χ2n) is 7.55. The van der Waals surface area contributed by atoms with Crippen LogP contribution in [0.15, 0.2) is 48.5 Å². The van der Waals surface area contributed by atoms with Gasteiger partial charge in [-0.1, -0.05) is 12.1 Å². The molecular formula is C21H26FN3O2. The zero-order valence-corrected chi connectivity index (χ0v) is 16.3. The van der Waals surface area contributed by atoms with E-state index in [1.807, 2.05) is 27.7 Å². The Balaban J connectivity index is 2.00. The van der Waals surface area contributed by atoms with Crippen LogP contribution in [0.5, 0.6) is 0 Å². The van der Waals surface area contributed by atoms with Crippen LogP contribution in [-0.4, -0.2) is 29.4 Å². The van der Waals surface area contributed by atoms with E-state index in [0.717, 1.165) is 5.56 Å². The van der Waals surface area contributed by atoms with Crippen LogP contribution in [0.1, 0.15) is 49.7 Å². The van der Waals surface area contributed by atoms with Crippen LogP contribution in [0.2, 0.25) is 0 Å². The molecule has 0 radical (unpaired) electrons. The molecular weight excluding hydrogens is 345 g/mol. The summed E-state index contributed by atoms with van der Waals surface area (Å²) in [5.74, 6) is -0.476. The number of amides is 3. The zero-order valence-electron chi connectivity index (χ0n) is 16.3. The number of benzene rings is 2. The molecule has 6 heteroatoms. The third-order valence-corrected chi connectivity index (χ3v) is 4.14. The third-order valence-electron chi connectivity index (χ3n) is 4.14. The fraction of sp³-hybridized carbons (Fsp3) is 0.333. The SMILES string of the molecule is CC(c1ccc(F)cc1)N(C)C(=O)Nc1ccc(C(=O)NC(C)(C)C)cc1. The number of hydrogen-bond acceptors (Lipinski definition) is 2. The van der Waals surface area contributed by atoms with Gasteiger partial charge in [-0.15, -0.1) is 0 Å². The first-order chi connectivity index (χ1) is 12.6. The Bertz CT molecular complexity index is 796. The lowest BCUT2D eigenvalue weighted by Crippen LogP contribution is -2.40. The molecule has 0 aliphatic rings. The Labute approximate surface area is 159 Å². The molecule has 2 rings (SSSR count). The van der Waals surface area contributed by atoms with Crippen molar-refractivity contribution in [2.45, 2.75) is 39.3 Å². The van der Waals surface area contributed by atoms with Crippen molar-refractivity contribution in [3.63, 3.8) is 0 Å². The van der Waals surface area contributed by atoms with E-state index < -0.39 is 0 Å². The zero-order chi connectivity index (χ0) is 20.2. The lowest BCUT2D eigenvalue weighted by atomic mass is 10.1. The number of carbonyl (C=O) groups is 2. The van der Waals surface area contributed by atoms with Gasteiger partial charge in [0.25, 0.3) is 5.91 Å². The standard InChI is InChI=1S/C21H26FN3O2/c1-14(15-6-10-17(22)11-7-15)25(5)20(27)23-18-12-8-16(9-13-18)19(26)24-21(2,3)4/h6-14H,1-5H3,(H,23,27)(H,24,26). The Morgan fingerprint density at radius 1 is 1.00 bits per heavy atom. The Morgan fingerprint density at radius 2 is 1.56 bits per heavy atom. The van der Waals surface area contributed by atoms with E-state index in [9.17, 15) is 14.0 Å². The Morgan fingerprint density at radius 3 is 2.07 bits per heavy atom. The number of halogens is 1. The molecule has 0 spiro atoms. The normalized spacial score (nSPS) is 12.2. The highest BCUT2D eigenvalue weighted by Gasteiger charge is 2.18. The van der Waals surface area contributed by atoms with Gasteiger partial charge in [-0.05, 0) is 69.7 Å². The first-order valence-corrected chi connectivity index (χ1v) is 8.79. The largest absolute Gasteiger partial charge is 0.347 e. The Kier molecular flexibility index (Phi) is 6.20. The molecule has 0 saturated heterocycles. The minimum Gasteiger partial charge on any atom is -0.347 e. The van der Waals surface area contributed by atoms with Gasteiger partial charge < -0.3 is 15.5 Å². The van der Waals surface area contributed by atoms with Crippen molar-refractivity contribution in [2.75, 3.05) is 12.4 Å². The summed E-state index contributed by atoms with van der Waals surface area (Å²) in [5.41, 5.74) is 1.63. The fourth-order valence-electron chi connectivity index (χ4n) is 2.47. The maximum Gasteiger partial charge on any atom is 0.322 e. The van der Waals surface area contributed by atoms with Crippen LogP contribution in [-0.2, 0) is 0 Å². The smallest absolute Gasteiger partial charge is 0.322 e. The van der Waals surface area contributed by atoms with Crippen molar-refractivity contribution in [3.8, 4) is 0 Å². The van der Waals surface area contributed by atoms with Crippen LogP contribution in [0.4, 0.5) is 14.9 Å². The average Bonchev–Trinajstić information content (AvgIpc) is 2.60. The van der Waals surface area contributed by atoms with E-state index in [0.29, 0.717) is 11.3 Å². The highest BCUT2D eigenvalue weighted by Crippen LogP contribution is 2.20. The molecule has 0 heterocycles. The van der Waals surface area contributed by atoms with Crippen LogP contribution >= 0.6 is 0 Å². The number of urea groups is 1. The topological polar surface area (TPSA) is 61.4 Å². The van der Waals surface area contributed by atoms with Gasteiger partial charge in [0.15, 0.2) is 0 Å². The van der Waals surface area contributed by atoms with Crippen molar-refractivity contribution in [1.29, 1.82) is 0 Å². The number of nitrogens with zero attached hydrogens (tertiary/aromatic N) is 1. The maximum atomic E-state index is 13.1.